The fourth-order valence-electron chi connectivity index (χ4n) is 2.91. The quantitative estimate of drug-likeness (QED) is 0.714. The molecular formula is C12H21NO2S. The summed E-state index contributed by atoms with van der Waals surface area (Å²) in [6, 6.07) is 0.307. The third-order valence-corrected chi connectivity index (χ3v) is 5.52. The Morgan fingerprint density at radius 2 is 1.81 bits per heavy atom. The van der Waals surface area contributed by atoms with Crippen LogP contribution in [0.2, 0.25) is 0 Å². The Morgan fingerprint density at radius 3 is 2.38 bits per heavy atom. The van der Waals surface area contributed by atoms with Gasteiger partial charge in [0.25, 0.3) is 0 Å². The van der Waals surface area contributed by atoms with Gasteiger partial charge in [0.2, 0.25) is 0 Å². The molecule has 2 aliphatic rings. The van der Waals surface area contributed by atoms with Crippen LogP contribution in [-0.2, 0) is 9.84 Å². The Morgan fingerprint density at radius 1 is 1.12 bits per heavy atom. The number of nitrogens with two attached hydrogens (primary N) is 1. The highest BCUT2D eigenvalue weighted by Crippen LogP contribution is 2.35. The maximum absolute atomic E-state index is 11.6. The van der Waals surface area contributed by atoms with E-state index in [1.807, 2.05) is 0 Å². The lowest BCUT2D eigenvalue weighted by Gasteiger charge is -2.24. The van der Waals surface area contributed by atoms with Crippen molar-refractivity contribution in [3.63, 3.8) is 0 Å². The average Bonchev–Trinajstić information content (AvgIpc) is 2.64. The molecule has 0 aliphatic heterocycles. The van der Waals surface area contributed by atoms with Crippen LogP contribution in [0, 0.1) is 0 Å². The lowest BCUT2D eigenvalue weighted by molar-refractivity contribution is 0.540. The van der Waals surface area contributed by atoms with Gasteiger partial charge in [0.1, 0.15) is 0 Å². The Hall–Kier alpha value is -0.350. The molecule has 2 rings (SSSR count). The molecule has 2 aliphatic carbocycles. The highest BCUT2D eigenvalue weighted by Gasteiger charge is 2.28. The van der Waals surface area contributed by atoms with Crippen molar-refractivity contribution in [2.45, 2.75) is 56.2 Å². The summed E-state index contributed by atoms with van der Waals surface area (Å²) >= 11 is 0. The van der Waals surface area contributed by atoms with Crippen LogP contribution in [0.15, 0.2) is 11.1 Å². The van der Waals surface area contributed by atoms with Crippen molar-refractivity contribution in [1.82, 2.24) is 0 Å². The van der Waals surface area contributed by atoms with E-state index in [0.29, 0.717) is 6.04 Å². The first kappa shape index (κ1) is 12.1. The third-order valence-electron chi connectivity index (χ3n) is 3.91. The van der Waals surface area contributed by atoms with Crippen molar-refractivity contribution in [3.8, 4) is 0 Å². The smallest absolute Gasteiger partial charge is 0.150 e. The number of sulfone groups is 1. The van der Waals surface area contributed by atoms with Crippen LogP contribution in [0.25, 0.3) is 0 Å². The fourth-order valence-corrected chi connectivity index (χ4v) is 4.01. The summed E-state index contributed by atoms with van der Waals surface area (Å²) in [4.78, 5) is 0. The Bertz CT molecular complexity index is 397. The molecule has 2 N–H and O–H groups in total. The van der Waals surface area contributed by atoms with Gasteiger partial charge < -0.3 is 5.73 Å². The topological polar surface area (TPSA) is 60.2 Å². The van der Waals surface area contributed by atoms with Gasteiger partial charge in [-0.1, -0.05) is 11.1 Å². The standard InChI is InChI=1S/C12H21NO2S/c1-16(14,15)12-4-2-3-9(8-12)10-5-6-11(13)7-10/h11-12H,2-8,13H2,1H3. The van der Waals surface area contributed by atoms with E-state index < -0.39 is 9.84 Å². The van der Waals surface area contributed by atoms with Crippen molar-refractivity contribution >= 4 is 9.84 Å². The predicted molar refractivity (Wildman–Crippen MR) is 66.0 cm³/mol. The molecule has 0 aromatic heterocycles. The first-order valence-corrected chi connectivity index (χ1v) is 8.06. The molecule has 0 spiro atoms. The molecule has 92 valence electrons. The molecule has 2 atom stereocenters. The van der Waals surface area contributed by atoms with Gasteiger partial charge in [-0.2, -0.15) is 0 Å². The van der Waals surface area contributed by atoms with E-state index in [1.54, 1.807) is 0 Å². The second-order valence-electron chi connectivity index (χ2n) is 5.26. The third kappa shape index (κ3) is 2.66. The molecule has 0 bridgehead atoms. The Labute approximate surface area is 98.0 Å². The molecule has 3 nitrogen and oxygen atoms in total. The number of rotatable bonds is 1. The molecule has 2 unspecified atom stereocenters. The van der Waals surface area contributed by atoms with Crippen molar-refractivity contribution < 1.29 is 8.42 Å². The Balaban J connectivity index is 2.13. The molecule has 4 heteroatoms. The van der Waals surface area contributed by atoms with E-state index >= 15 is 0 Å². The Kier molecular flexibility index (Phi) is 3.40. The van der Waals surface area contributed by atoms with E-state index in [2.05, 4.69) is 0 Å². The zero-order valence-corrected chi connectivity index (χ0v) is 10.7. The molecule has 0 aromatic rings. The van der Waals surface area contributed by atoms with Crippen molar-refractivity contribution in [2.24, 2.45) is 5.73 Å². The molecule has 0 saturated heterocycles. The van der Waals surface area contributed by atoms with Gasteiger partial charge in [0.15, 0.2) is 9.84 Å². The molecular weight excluding hydrogens is 222 g/mol. The second-order valence-corrected chi connectivity index (χ2v) is 7.58. The van der Waals surface area contributed by atoms with E-state index in [1.165, 1.54) is 17.4 Å². The van der Waals surface area contributed by atoms with Gasteiger partial charge in [-0.15, -0.1) is 0 Å². The molecule has 0 amide bonds. The van der Waals surface area contributed by atoms with E-state index in [9.17, 15) is 8.42 Å². The zero-order chi connectivity index (χ0) is 11.8. The first-order valence-electron chi connectivity index (χ1n) is 6.11. The number of hydrogen-bond donors (Lipinski definition) is 1. The van der Waals surface area contributed by atoms with Gasteiger partial charge >= 0.3 is 0 Å². The predicted octanol–water partition coefficient (Wildman–Crippen LogP) is 1.78. The van der Waals surface area contributed by atoms with Gasteiger partial charge in [0.05, 0.1) is 5.25 Å². The zero-order valence-electron chi connectivity index (χ0n) is 9.91. The van der Waals surface area contributed by atoms with Gasteiger partial charge in [-0.05, 0) is 44.9 Å². The lowest BCUT2D eigenvalue weighted by atomic mass is 9.90. The van der Waals surface area contributed by atoms with E-state index in [4.69, 9.17) is 5.73 Å². The average molecular weight is 243 g/mol. The van der Waals surface area contributed by atoms with Crippen LogP contribution >= 0.6 is 0 Å². The first-order chi connectivity index (χ1) is 7.47. The largest absolute Gasteiger partial charge is 0.327 e. The van der Waals surface area contributed by atoms with Gasteiger partial charge in [-0.3, -0.25) is 0 Å². The summed E-state index contributed by atoms with van der Waals surface area (Å²) in [5, 5.41) is -0.138. The van der Waals surface area contributed by atoms with Crippen molar-refractivity contribution in [2.75, 3.05) is 6.26 Å². The van der Waals surface area contributed by atoms with Gasteiger partial charge in [-0.25, -0.2) is 8.42 Å². The number of hydrogen-bond acceptors (Lipinski definition) is 3. The van der Waals surface area contributed by atoms with E-state index in [0.717, 1.165) is 44.9 Å². The van der Waals surface area contributed by atoms with Crippen LogP contribution < -0.4 is 5.73 Å². The second kappa shape index (κ2) is 4.49. The summed E-state index contributed by atoms with van der Waals surface area (Å²) in [5.41, 5.74) is 8.76. The van der Waals surface area contributed by atoms with Crippen molar-refractivity contribution in [3.05, 3.63) is 11.1 Å². The highest BCUT2D eigenvalue weighted by molar-refractivity contribution is 7.91. The molecule has 16 heavy (non-hydrogen) atoms. The molecule has 0 heterocycles. The van der Waals surface area contributed by atoms with Crippen LogP contribution in [0.5, 0.6) is 0 Å². The monoisotopic (exact) mass is 243 g/mol. The van der Waals surface area contributed by atoms with Crippen molar-refractivity contribution in [1.29, 1.82) is 0 Å². The van der Waals surface area contributed by atoms with Gasteiger partial charge in [0, 0.05) is 12.3 Å². The maximum Gasteiger partial charge on any atom is 0.150 e. The van der Waals surface area contributed by atoms with Crippen LogP contribution in [0.4, 0.5) is 0 Å². The van der Waals surface area contributed by atoms with Crippen LogP contribution in [0.1, 0.15) is 44.9 Å². The minimum Gasteiger partial charge on any atom is -0.327 e. The summed E-state index contributed by atoms with van der Waals surface area (Å²) in [5.74, 6) is 0. The summed E-state index contributed by atoms with van der Waals surface area (Å²) in [7, 11) is -2.87. The molecule has 2 saturated carbocycles. The SMILES string of the molecule is CS(=O)(=O)C1CCCC(=C2CCC(N)C2)C1. The summed E-state index contributed by atoms with van der Waals surface area (Å²) < 4.78 is 23.1. The minimum absolute atomic E-state index is 0.138. The summed E-state index contributed by atoms with van der Waals surface area (Å²) in [6.45, 7) is 0. The maximum atomic E-state index is 11.6. The van der Waals surface area contributed by atoms with Crippen LogP contribution in [-0.4, -0.2) is 26.0 Å². The molecule has 2 fully saturated rings. The lowest BCUT2D eigenvalue weighted by Crippen LogP contribution is -2.24. The number of allylic oxidation sites excluding steroid dienone is 1. The molecule has 0 aromatic carbocycles. The van der Waals surface area contributed by atoms with E-state index in [-0.39, 0.29) is 5.25 Å². The normalized spacial score (nSPS) is 36.6. The fraction of sp³-hybridized carbons (Fsp3) is 0.833. The highest BCUT2D eigenvalue weighted by atomic mass is 32.2. The van der Waals surface area contributed by atoms with Crippen LogP contribution in [0.3, 0.4) is 0 Å². The summed E-state index contributed by atoms with van der Waals surface area (Å²) in [6.07, 6.45) is 8.23. The minimum atomic E-state index is -2.87. The molecule has 0 radical (unpaired) electrons.